The number of hydrogen-bond acceptors (Lipinski definition) is 4. The first kappa shape index (κ1) is 18.8. The summed E-state index contributed by atoms with van der Waals surface area (Å²) in [5.41, 5.74) is 0. The van der Waals surface area contributed by atoms with Gasteiger partial charge in [0.15, 0.2) is 13.2 Å². The molecule has 1 N–H and O–H groups in total. The number of esters is 1. The predicted molar refractivity (Wildman–Crippen MR) is 88.0 cm³/mol. The lowest BCUT2D eigenvalue weighted by Crippen LogP contribution is -2.39. The van der Waals surface area contributed by atoms with Gasteiger partial charge in [0.2, 0.25) is 0 Å². The van der Waals surface area contributed by atoms with Gasteiger partial charge < -0.3 is 14.8 Å². The van der Waals surface area contributed by atoms with Crippen LogP contribution < -0.4 is 10.1 Å². The highest BCUT2D eigenvalue weighted by molar-refractivity contribution is 9.10. The molecule has 7 heteroatoms. The first-order valence-electron chi connectivity index (χ1n) is 6.82. The molecule has 1 amide bonds. The lowest BCUT2D eigenvalue weighted by atomic mass is 10.1. The Bertz CT molecular complexity index is 536. The van der Waals surface area contributed by atoms with Crippen molar-refractivity contribution in [3.8, 4) is 5.75 Å². The summed E-state index contributed by atoms with van der Waals surface area (Å²) < 4.78 is 10.9. The first-order chi connectivity index (χ1) is 10.3. The van der Waals surface area contributed by atoms with Crippen molar-refractivity contribution in [1.29, 1.82) is 0 Å². The highest BCUT2D eigenvalue weighted by atomic mass is 79.9. The number of nitrogens with one attached hydrogen (secondary N) is 1. The van der Waals surface area contributed by atoms with E-state index in [1.807, 2.05) is 20.8 Å². The molecule has 0 aliphatic heterocycles. The Morgan fingerprint density at radius 2 is 1.95 bits per heavy atom. The average Bonchev–Trinajstić information content (AvgIpc) is 2.44. The highest BCUT2D eigenvalue weighted by Gasteiger charge is 2.13. The Hall–Kier alpha value is -1.27. The van der Waals surface area contributed by atoms with E-state index in [1.54, 1.807) is 18.2 Å². The lowest BCUT2D eigenvalue weighted by Gasteiger charge is -2.17. The van der Waals surface area contributed by atoms with Crippen LogP contribution in [-0.2, 0) is 14.3 Å². The number of ether oxygens (including phenoxy) is 2. The van der Waals surface area contributed by atoms with Crippen LogP contribution in [0.25, 0.3) is 0 Å². The molecule has 5 nitrogen and oxygen atoms in total. The molecule has 22 heavy (non-hydrogen) atoms. The van der Waals surface area contributed by atoms with Crippen LogP contribution in [0.4, 0.5) is 0 Å². The summed E-state index contributed by atoms with van der Waals surface area (Å²) >= 11 is 9.23. The zero-order chi connectivity index (χ0) is 16.7. The predicted octanol–water partition coefficient (Wildman–Crippen LogP) is 3.19. The number of benzene rings is 1. The molecule has 0 aliphatic rings. The number of hydrogen-bond donors (Lipinski definition) is 1. The minimum atomic E-state index is -0.633. The molecular weight excluding hydrogens is 374 g/mol. The zero-order valence-electron chi connectivity index (χ0n) is 12.7. The Labute approximate surface area is 143 Å². The normalized spacial score (nSPS) is 11.9. The lowest BCUT2D eigenvalue weighted by molar-refractivity contribution is -0.150. The van der Waals surface area contributed by atoms with E-state index in [9.17, 15) is 9.59 Å². The molecule has 0 radical (unpaired) electrons. The Balaban J connectivity index is 2.33. The minimum absolute atomic E-state index is 0.0176. The summed E-state index contributed by atoms with van der Waals surface area (Å²) in [7, 11) is 0. The van der Waals surface area contributed by atoms with Crippen molar-refractivity contribution >= 4 is 39.4 Å². The number of carbonyl (C=O) groups is 2. The summed E-state index contributed by atoms with van der Waals surface area (Å²) in [5, 5.41) is 3.12. The maximum Gasteiger partial charge on any atom is 0.344 e. The summed E-state index contributed by atoms with van der Waals surface area (Å²) in [4.78, 5) is 23.1. The molecule has 0 spiro atoms. The number of rotatable bonds is 7. The Morgan fingerprint density at radius 3 is 2.55 bits per heavy atom. The van der Waals surface area contributed by atoms with E-state index < -0.39 is 5.97 Å². The van der Waals surface area contributed by atoms with Crippen molar-refractivity contribution < 1.29 is 19.1 Å². The third kappa shape index (κ3) is 6.66. The van der Waals surface area contributed by atoms with Crippen LogP contribution in [0.1, 0.15) is 20.8 Å². The smallest absolute Gasteiger partial charge is 0.344 e. The van der Waals surface area contributed by atoms with E-state index in [4.69, 9.17) is 21.1 Å². The molecule has 122 valence electrons. The molecule has 1 aromatic rings. The van der Waals surface area contributed by atoms with Gasteiger partial charge in [0.05, 0.1) is 5.02 Å². The second-order valence-corrected chi connectivity index (χ2v) is 6.45. The average molecular weight is 393 g/mol. The minimum Gasteiger partial charge on any atom is -0.480 e. The van der Waals surface area contributed by atoms with Gasteiger partial charge in [0, 0.05) is 10.5 Å². The standard InChI is InChI=1S/C15H19BrClNO4/c1-9(2)10(3)18-14(19)7-22-15(20)8-21-13-5-4-11(16)6-12(13)17/h4-6,9-10H,7-8H2,1-3H3,(H,18,19)/t10-/m0/s1. The summed E-state index contributed by atoms with van der Waals surface area (Å²) in [6.45, 7) is 5.24. The fraction of sp³-hybridized carbons (Fsp3) is 0.467. The molecule has 0 bridgehead atoms. The maximum absolute atomic E-state index is 11.6. The molecule has 0 saturated heterocycles. The fourth-order valence-corrected chi connectivity index (χ4v) is 2.11. The zero-order valence-corrected chi connectivity index (χ0v) is 15.0. The molecule has 1 aromatic carbocycles. The van der Waals surface area contributed by atoms with E-state index in [-0.39, 0.29) is 25.2 Å². The summed E-state index contributed by atoms with van der Waals surface area (Å²) in [6.07, 6.45) is 0. The van der Waals surface area contributed by atoms with Crippen molar-refractivity contribution in [3.05, 3.63) is 27.7 Å². The SMILES string of the molecule is CC(C)[C@H](C)NC(=O)COC(=O)COc1ccc(Br)cc1Cl. The molecule has 0 aliphatic carbocycles. The van der Waals surface area contributed by atoms with E-state index in [0.29, 0.717) is 16.7 Å². The third-order valence-corrected chi connectivity index (χ3v) is 3.78. The monoisotopic (exact) mass is 391 g/mol. The van der Waals surface area contributed by atoms with Crippen LogP contribution >= 0.6 is 27.5 Å². The van der Waals surface area contributed by atoms with E-state index in [2.05, 4.69) is 21.2 Å². The van der Waals surface area contributed by atoms with E-state index in [1.165, 1.54) is 0 Å². The van der Waals surface area contributed by atoms with Gasteiger partial charge in [-0.1, -0.05) is 41.4 Å². The van der Waals surface area contributed by atoms with Gasteiger partial charge in [-0.05, 0) is 31.0 Å². The van der Waals surface area contributed by atoms with Crippen LogP contribution in [0.2, 0.25) is 5.02 Å². The Kier molecular flexibility index (Phi) is 7.68. The Morgan fingerprint density at radius 1 is 1.27 bits per heavy atom. The van der Waals surface area contributed by atoms with Crippen molar-refractivity contribution in [2.45, 2.75) is 26.8 Å². The second-order valence-electron chi connectivity index (χ2n) is 5.12. The van der Waals surface area contributed by atoms with Crippen molar-refractivity contribution in [2.75, 3.05) is 13.2 Å². The molecule has 1 rings (SSSR count). The maximum atomic E-state index is 11.6. The molecule has 1 atom stereocenters. The van der Waals surface area contributed by atoms with Gasteiger partial charge in [-0.2, -0.15) is 0 Å². The highest BCUT2D eigenvalue weighted by Crippen LogP contribution is 2.27. The second kappa shape index (κ2) is 9.00. The van der Waals surface area contributed by atoms with Gasteiger partial charge in [0.1, 0.15) is 5.75 Å². The molecule has 0 saturated carbocycles. The van der Waals surface area contributed by atoms with Gasteiger partial charge >= 0.3 is 5.97 Å². The largest absolute Gasteiger partial charge is 0.480 e. The quantitative estimate of drug-likeness (QED) is 0.724. The van der Waals surface area contributed by atoms with Crippen LogP contribution in [0.15, 0.2) is 22.7 Å². The van der Waals surface area contributed by atoms with E-state index in [0.717, 1.165) is 4.47 Å². The first-order valence-corrected chi connectivity index (χ1v) is 7.99. The van der Waals surface area contributed by atoms with Gasteiger partial charge in [-0.3, -0.25) is 4.79 Å². The van der Waals surface area contributed by atoms with Crippen LogP contribution in [0, 0.1) is 5.92 Å². The number of amides is 1. The third-order valence-electron chi connectivity index (χ3n) is 2.99. The molecule has 0 heterocycles. The van der Waals surface area contributed by atoms with Gasteiger partial charge in [0.25, 0.3) is 5.91 Å². The summed E-state index contributed by atoms with van der Waals surface area (Å²) in [5.74, 6) is -0.287. The van der Waals surface area contributed by atoms with Gasteiger partial charge in [-0.25, -0.2) is 4.79 Å². The van der Waals surface area contributed by atoms with Crippen molar-refractivity contribution in [2.24, 2.45) is 5.92 Å². The fourth-order valence-electron chi connectivity index (χ4n) is 1.38. The van der Waals surface area contributed by atoms with Crippen LogP contribution in [0.5, 0.6) is 5.75 Å². The molecule has 0 fully saturated rings. The summed E-state index contributed by atoms with van der Waals surface area (Å²) in [6, 6.07) is 5.05. The van der Waals surface area contributed by atoms with E-state index >= 15 is 0 Å². The van der Waals surface area contributed by atoms with Gasteiger partial charge in [-0.15, -0.1) is 0 Å². The topological polar surface area (TPSA) is 64.6 Å². The van der Waals surface area contributed by atoms with Crippen LogP contribution in [0.3, 0.4) is 0 Å². The molecule has 0 aromatic heterocycles. The number of carbonyl (C=O) groups excluding carboxylic acids is 2. The molecule has 0 unspecified atom stereocenters. The van der Waals surface area contributed by atoms with Crippen molar-refractivity contribution in [3.63, 3.8) is 0 Å². The molecular formula is C15H19BrClNO4. The van der Waals surface area contributed by atoms with Crippen molar-refractivity contribution in [1.82, 2.24) is 5.32 Å². The number of halogens is 2. The van der Waals surface area contributed by atoms with Crippen LogP contribution in [-0.4, -0.2) is 31.1 Å².